The van der Waals surface area contributed by atoms with Gasteiger partial charge in [-0.3, -0.25) is 0 Å². The summed E-state index contributed by atoms with van der Waals surface area (Å²) < 4.78 is 5.70. The monoisotopic (exact) mass is 249 g/mol. The molecule has 1 unspecified atom stereocenters. The third-order valence-electron chi connectivity index (χ3n) is 2.97. The SMILES string of the molecule is CCCNC(c1cccc(OCCC)c1)C(C)C. The summed E-state index contributed by atoms with van der Waals surface area (Å²) in [6, 6.07) is 8.89. The molecule has 0 amide bonds. The number of ether oxygens (including phenoxy) is 1. The molecule has 2 nitrogen and oxygen atoms in total. The average molecular weight is 249 g/mol. The fourth-order valence-corrected chi connectivity index (χ4v) is 2.06. The summed E-state index contributed by atoms with van der Waals surface area (Å²) in [5.41, 5.74) is 1.33. The molecule has 102 valence electrons. The minimum atomic E-state index is 0.412. The molecule has 0 aromatic heterocycles. The maximum Gasteiger partial charge on any atom is 0.119 e. The minimum absolute atomic E-state index is 0.412. The van der Waals surface area contributed by atoms with E-state index < -0.39 is 0 Å². The van der Waals surface area contributed by atoms with Crippen molar-refractivity contribution in [1.29, 1.82) is 0 Å². The van der Waals surface area contributed by atoms with E-state index in [-0.39, 0.29) is 0 Å². The van der Waals surface area contributed by atoms with E-state index in [9.17, 15) is 0 Å². The van der Waals surface area contributed by atoms with Crippen LogP contribution in [0.25, 0.3) is 0 Å². The fraction of sp³-hybridized carbons (Fsp3) is 0.625. The van der Waals surface area contributed by atoms with Crippen molar-refractivity contribution in [1.82, 2.24) is 5.32 Å². The number of benzene rings is 1. The molecule has 0 bridgehead atoms. The normalized spacial score (nSPS) is 12.7. The zero-order valence-electron chi connectivity index (χ0n) is 12.2. The van der Waals surface area contributed by atoms with E-state index in [0.717, 1.165) is 31.7 Å². The van der Waals surface area contributed by atoms with Crippen molar-refractivity contribution < 1.29 is 4.74 Å². The van der Waals surface area contributed by atoms with Crippen LogP contribution in [0.4, 0.5) is 0 Å². The molecular weight excluding hydrogens is 222 g/mol. The molecule has 0 saturated heterocycles. The summed E-state index contributed by atoms with van der Waals surface area (Å²) in [5.74, 6) is 1.57. The van der Waals surface area contributed by atoms with Crippen LogP contribution >= 0.6 is 0 Å². The van der Waals surface area contributed by atoms with E-state index in [1.807, 2.05) is 6.07 Å². The number of rotatable bonds is 8. The van der Waals surface area contributed by atoms with Crippen LogP contribution in [0.1, 0.15) is 52.1 Å². The molecule has 1 N–H and O–H groups in total. The van der Waals surface area contributed by atoms with E-state index in [4.69, 9.17) is 4.74 Å². The first-order chi connectivity index (χ1) is 8.69. The Balaban J connectivity index is 2.77. The standard InChI is InChI=1S/C16H27NO/c1-5-10-17-16(13(3)4)14-8-7-9-15(12-14)18-11-6-2/h7-9,12-13,16-17H,5-6,10-11H2,1-4H3. The van der Waals surface area contributed by atoms with Crippen molar-refractivity contribution in [2.45, 2.75) is 46.6 Å². The van der Waals surface area contributed by atoms with Crippen LogP contribution < -0.4 is 10.1 Å². The molecule has 0 spiro atoms. The molecule has 0 aliphatic heterocycles. The van der Waals surface area contributed by atoms with E-state index in [1.165, 1.54) is 5.56 Å². The van der Waals surface area contributed by atoms with Crippen LogP contribution in [-0.2, 0) is 0 Å². The first-order valence-corrected chi connectivity index (χ1v) is 7.15. The molecule has 0 aliphatic carbocycles. The van der Waals surface area contributed by atoms with Gasteiger partial charge in [-0.2, -0.15) is 0 Å². The minimum Gasteiger partial charge on any atom is -0.494 e. The van der Waals surface area contributed by atoms with E-state index in [0.29, 0.717) is 12.0 Å². The molecule has 18 heavy (non-hydrogen) atoms. The van der Waals surface area contributed by atoms with Gasteiger partial charge in [-0.05, 0) is 43.0 Å². The second-order valence-electron chi connectivity index (χ2n) is 5.10. The van der Waals surface area contributed by atoms with Gasteiger partial charge in [0.25, 0.3) is 0 Å². The first-order valence-electron chi connectivity index (χ1n) is 7.15. The van der Waals surface area contributed by atoms with E-state index in [2.05, 4.69) is 51.2 Å². The largest absolute Gasteiger partial charge is 0.494 e. The summed E-state index contributed by atoms with van der Waals surface area (Å²) in [6.45, 7) is 10.7. The molecule has 1 aromatic carbocycles. The molecule has 2 heteroatoms. The molecule has 1 aromatic rings. The van der Waals surface area contributed by atoms with Crippen molar-refractivity contribution in [2.24, 2.45) is 5.92 Å². The van der Waals surface area contributed by atoms with Crippen molar-refractivity contribution in [3.05, 3.63) is 29.8 Å². The smallest absolute Gasteiger partial charge is 0.119 e. The van der Waals surface area contributed by atoms with Gasteiger partial charge in [0.1, 0.15) is 5.75 Å². The quantitative estimate of drug-likeness (QED) is 0.746. The van der Waals surface area contributed by atoms with Crippen molar-refractivity contribution in [3.63, 3.8) is 0 Å². The van der Waals surface area contributed by atoms with Crippen LogP contribution in [0.3, 0.4) is 0 Å². The Hall–Kier alpha value is -1.02. The Kier molecular flexibility index (Phi) is 6.81. The van der Waals surface area contributed by atoms with Gasteiger partial charge < -0.3 is 10.1 Å². The molecule has 0 heterocycles. The molecule has 1 atom stereocenters. The Labute approximate surface area is 112 Å². The average Bonchev–Trinajstić information content (AvgIpc) is 2.37. The molecule has 0 radical (unpaired) electrons. The van der Waals surface area contributed by atoms with Crippen molar-refractivity contribution in [2.75, 3.05) is 13.2 Å². The molecular formula is C16H27NO. The fourth-order valence-electron chi connectivity index (χ4n) is 2.06. The Morgan fingerprint density at radius 2 is 1.94 bits per heavy atom. The van der Waals surface area contributed by atoms with Gasteiger partial charge >= 0.3 is 0 Å². The van der Waals surface area contributed by atoms with Gasteiger partial charge in [0, 0.05) is 6.04 Å². The lowest BCUT2D eigenvalue weighted by Gasteiger charge is -2.23. The van der Waals surface area contributed by atoms with Crippen molar-refractivity contribution >= 4 is 0 Å². The zero-order chi connectivity index (χ0) is 13.4. The number of hydrogen-bond donors (Lipinski definition) is 1. The lowest BCUT2D eigenvalue weighted by molar-refractivity contribution is 0.316. The van der Waals surface area contributed by atoms with E-state index in [1.54, 1.807) is 0 Å². The highest BCUT2D eigenvalue weighted by Gasteiger charge is 2.15. The summed E-state index contributed by atoms with van der Waals surface area (Å²) in [6.07, 6.45) is 2.21. The molecule has 0 fully saturated rings. The topological polar surface area (TPSA) is 21.3 Å². The summed E-state index contributed by atoms with van der Waals surface area (Å²) in [5, 5.41) is 3.61. The van der Waals surface area contributed by atoms with Crippen LogP contribution in [0.5, 0.6) is 5.75 Å². The van der Waals surface area contributed by atoms with E-state index >= 15 is 0 Å². The predicted molar refractivity (Wildman–Crippen MR) is 78.1 cm³/mol. The van der Waals surface area contributed by atoms with Gasteiger partial charge in [0.05, 0.1) is 6.61 Å². The highest BCUT2D eigenvalue weighted by atomic mass is 16.5. The lowest BCUT2D eigenvalue weighted by atomic mass is 9.96. The third kappa shape index (κ3) is 4.69. The molecule has 0 aliphatic rings. The number of nitrogens with one attached hydrogen (secondary N) is 1. The van der Waals surface area contributed by atoms with Gasteiger partial charge in [-0.15, -0.1) is 0 Å². The van der Waals surface area contributed by atoms with Gasteiger partial charge in [0.15, 0.2) is 0 Å². The van der Waals surface area contributed by atoms with Crippen molar-refractivity contribution in [3.8, 4) is 5.75 Å². The zero-order valence-corrected chi connectivity index (χ0v) is 12.2. The number of hydrogen-bond acceptors (Lipinski definition) is 2. The predicted octanol–water partition coefficient (Wildman–Crippen LogP) is 4.17. The Bertz CT molecular complexity index is 336. The maximum absolute atomic E-state index is 5.70. The summed E-state index contributed by atoms with van der Waals surface area (Å²) >= 11 is 0. The van der Waals surface area contributed by atoms with Crippen LogP contribution in [0, 0.1) is 5.92 Å². The summed E-state index contributed by atoms with van der Waals surface area (Å²) in [4.78, 5) is 0. The maximum atomic E-state index is 5.70. The van der Waals surface area contributed by atoms with Gasteiger partial charge in [0.2, 0.25) is 0 Å². The lowest BCUT2D eigenvalue weighted by Crippen LogP contribution is -2.26. The Morgan fingerprint density at radius 3 is 2.56 bits per heavy atom. The highest BCUT2D eigenvalue weighted by molar-refractivity contribution is 5.30. The summed E-state index contributed by atoms with van der Waals surface area (Å²) in [7, 11) is 0. The van der Waals surface area contributed by atoms with Gasteiger partial charge in [-0.25, -0.2) is 0 Å². The first kappa shape index (κ1) is 15.0. The molecule has 0 saturated carbocycles. The Morgan fingerprint density at radius 1 is 1.17 bits per heavy atom. The van der Waals surface area contributed by atoms with Crippen LogP contribution in [0.2, 0.25) is 0 Å². The van der Waals surface area contributed by atoms with Gasteiger partial charge in [-0.1, -0.05) is 39.8 Å². The third-order valence-corrected chi connectivity index (χ3v) is 2.97. The highest BCUT2D eigenvalue weighted by Crippen LogP contribution is 2.25. The second kappa shape index (κ2) is 8.15. The van der Waals surface area contributed by atoms with Crippen LogP contribution in [-0.4, -0.2) is 13.2 Å². The second-order valence-corrected chi connectivity index (χ2v) is 5.10. The van der Waals surface area contributed by atoms with Crippen LogP contribution in [0.15, 0.2) is 24.3 Å². The molecule has 1 rings (SSSR count).